The molecule has 10 nitrogen and oxygen atoms in total. The van der Waals surface area contributed by atoms with Crippen LogP contribution < -0.4 is 20.9 Å². The van der Waals surface area contributed by atoms with Crippen molar-refractivity contribution in [1.82, 2.24) is 25.8 Å². The minimum Gasteiger partial charge on any atom is -0.373 e. The van der Waals surface area contributed by atoms with Gasteiger partial charge in [0.15, 0.2) is 5.78 Å². The van der Waals surface area contributed by atoms with Gasteiger partial charge in [-0.3, -0.25) is 24.2 Å². The predicted octanol–water partition coefficient (Wildman–Crippen LogP) is 3.32. The van der Waals surface area contributed by atoms with Crippen LogP contribution in [0.5, 0.6) is 0 Å². The van der Waals surface area contributed by atoms with Crippen LogP contribution in [0.15, 0.2) is 72.9 Å². The molecule has 10 heteroatoms. The normalized spacial score (nSPS) is 12.4. The van der Waals surface area contributed by atoms with Gasteiger partial charge in [0.05, 0.1) is 24.7 Å². The van der Waals surface area contributed by atoms with Crippen molar-refractivity contribution < 1.29 is 19.2 Å². The van der Waals surface area contributed by atoms with Gasteiger partial charge in [-0.15, -0.1) is 0 Å². The molecule has 45 heavy (non-hydrogen) atoms. The van der Waals surface area contributed by atoms with Crippen molar-refractivity contribution in [1.29, 1.82) is 0 Å². The van der Waals surface area contributed by atoms with Gasteiger partial charge < -0.3 is 25.8 Å². The van der Waals surface area contributed by atoms with E-state index < -0.39 is 18.0 Å². The van der Waals surface area contributed by atoms with Crippen LogP contribution in [0.2, 0.25) is 0 Å². The van der Waals surface area contributed by atoms with E-state index in [1.54, 1.807) is 25.3 Å². The van der Waals surface area contributed by atoms with Crippen LogP contribution >= 0.6 is 0 Å². The van der Waals surface area contributed by atoms with E-state index >= 15 is 0 Å². The molecular weight excluding hydrogens is 568 g/mol. The SMILES string of the molecule is CC(C)CC(NC(=O)c1cccc(N(C)CCN(C)C)c1)C(=O)NC(C)C(=O)CNC(=O)Cc1cccc(-c2ccccn2)c1. The molecule has 0 aliphatic heterocycles. The summed E-state index contributed by atoms with van der Waals surface area (Å²) in [6.45, 7) is 6.93. The molecule has 240 valence electrons. The molecule has 0 radical (unpaired) electrons. The summed E-state index contributed by atoms with van der Waals surface area (Å²) in [6, 6.07) is 18.8. The molecule has 3 rings (SSSR count). The minimum atomic E-state index is -0.856. The van der Waals surface area contributed by atoms with E-state index in [1.165, 1.54) is 0 Å². The summed E-state index contributed by atoms with van der Waals surface area (Å²) in [6.07, 6.45) is 2.21. The second-order valence-corrected chi connectivity index (χ2v) is 12.0. The van der Waals surface area contributed by atoms with E-state index in [0.717, 1.165) is 35.6 Å². The summed E-state index contributed by atoms with van der Waals surface area (Å²) in [4.78, 5) is 60.4. The van der Waals surface area contributed by atoms with Gasteiger partial charge in [0.25, 0.3) is 5.91 Å². The Bertz CT molecular complexity index is 1440. The lowest BCUT2D eigenvalue weighted by Gasteiger charge is -2.24. The Hall–Kier alpha value is -4.57. The zero-order valence-electron chi connectivity index (χ0n) is 27.2. The summed E-state index contributed by atoms with van der Waals surface area (Å²) in [5.74, 6) is -1.35. The number of nitrogens with one attached hydrogen (secondary N) is 3. The molecule has 3 amide bonds. The summed E-state index contributed by atoms with van der Waals surface area (Å²) in [7, 11) is 5.99. The van der Waals surface area contributed by atoms with Crippen molar-refractivity contribution >= 4 is 29.2 Å². The Kier molecular flexibility index (Phi) is 13.2. The molecule has 0 spiro atoms. The molecule has 1 heterocycles. The molecule has 0 aliphatic rings. The van der Waals surface area contributed by atoms with Crippen LogP contribution in [0.1, 0.15) is 43.1 Å². The maximum absolute atomic E-state index is 13.2. The van der Waals surface area contributed by atoms with Crippen molar-refractivity contribution in [3.05, 3.63) is 84.1 Å². The number of rotatable bonds is 16. The second-order valence-electron chi connectivity index (χ2n) is 12.0. The first kappa shape index (κ1) is 34.9. The van der Waals surface area contributed by atoms with E-state index in [2.05, 4.69) is 30.7 Å². The third-order valence-electron chi connectivity index (χ3n) is 7.31. The lowest BCUT2D eigenvalue weighted by Crippen LogP contribution is -2.52. The molecule has 0 aliphatic carbocycles. The number of hydrogen-bond donors (Lipinski definition) is 3. The van der Waals surface area contributed by atoms with E-state index in [4.69, 9.17) is 0 Å². The monoisotopic (exact) mass is 614 g/mol. The number of carbonyl (C=O) groups is 4. The highest BCUT2D eigenvalue weighted by atomic mass is 16.2. The fourth-order valence-electron chi connectivity index (χ4n) is 4.66. The van der Waals surface area contributed by atoms with Crippen LogP contribution in [-0.2, 0) is 20.8 Å². The van der Waals surface area contributed by atoms with Gasteiger partial charge in [0.1, 0.15) is 6.04 Å². The van der Waals surface area contributed by atoms with Crippen molar-refractivity contribution in [3.8, 4) is 11.3 Å². The predicted molar refractivity (Wildman–Crippen MR) is 178 cm³/mol. The number of hydrogen-bond acceptors (Lipinski definition) is 7. The maximum atomic E-state index is 13.2. The van der Waals surface area contributed by atoms with Crippen LogP contribution in [0, 0.1) is 5.92 Å². The second kappa shape index (κ2) is 17.1. The highest BCUT2D eigenvalue weighted by Crippen LogP contribution is 2.18. The van der Waals surface area contributed by atoms with Crippen LogP contribution in [0.4, 0.5) is 5.69 Å². The van der Waals surface area contributed by atoms with E-state index in [9.17, 15) is 19.2 Å². The molecular formula is C35H46N6O4. The molecule has 1 aromatic heterocycles. The third-order valence-corrected chi connectivity index (χ3v) is 7.31. The Morgan fingerprint density at radius 2 is 1.60 bits per heavy atom. The number of aromatic nitrogens is 1. The third kappa shape index (κ3) is 11.5. The van der Waals surface area contributed by atoms with Crippen molar-refractivity contribution in [2.24, 2.45) is 5.92 Å². The highest BCUT2D eigenvalue weighted by Gasteiger charge is 2.26. The molecule has 2 atom stereocenters. The Labute approximate surface area is 266 Å². The number of carbonyl (C=O) groups excluding carboxylic acids is 4. The first-order valence-electron chi connectivity index (χ1n) is 15.3. The quantitative estimate of drug-likeness (QED) is 0.226. The fourth-order valence-corrected chi connectivity index (χ4v) is 4.66. The number of likely N-dealkylation sites (N-methyl/N-ethyl adjacent to an activating group) is 2. The Morgan fingerprint density at radius 3 is 2.29 bits per heavy atom. The largest absolute Gasteiger partial charge is 0.373 e. The molecule has 0 saturated carbocycles. The Balaban J connectivity index is 1.54. The summed E-state index contributed by atoms with van der Waals surface area (Å²) < 4.78 is 0. The number of ketones is 1. The maximum Gasteiger partial charge on any atom is 0.252 e. The zero-order valence-corrected chi connectivity index (χ0v) is 27.2. The zero-order chi connectivity index (χ0) is 32.9. The fraction of sp³-hybridized carbons (Fsp3) is 0.400. The topological polar surface area (TPSA) is 124 Å². The van der Waals surface area contributed by atoms with Crippen LogP contribution in [-0.4, -0.2) is 86.2 Å². The summed E-state index contributed by atoms with van der Waals surface area (Å²) in [5.41, 5.74) is 3.85. The molecule has 2 unspecified atom stereocenters. The van der Waals surface area contributed by atoms with Crippen molar-refractivity contribution in [3.63, 3.8) is 0 Å². The van der Waals surface area contributed by atoms with Crippen LogP contribution in [0.25, 0.3) is 11.3 Å². The van der Waals surface area contributed by atoms with Crippen molar-refractivity contribution in [2.75, 3.05) is 45.7 Å². The number of amides is 3. The smallest absolute Gasteiger partial charge is 0.252 e. The number of pyridine rings is 1. The number of anilines is 1. The standard InChI is InChI=1S/C35H46N6O4/c1-24(2)19-31(39-34(44)28-13-10-14-29(22-28)41(6)18-17-40(4)5)35(45)38-25(3)32(42)23-37-33(43)21-26-11-9-12-27(20-26)30-15-7-8-16-36-30/h7-16,20,22,24-25,31H,17-19,21,23H2,1-6H3,(H,37,43)(H,38,45)(H,39,44). The lowest BCUT2D eigenvalue weighted by molar-refractivity contribution is -0.129. The molecule has 3 aromatic rings. The number of nitrogens with zero attached hydrogens (tertiary/aromatic N) is 3. The van der Waals surface area contributed by atoms with Gasteiger partial charge in [0.2, 0.25) is 11.8 Å². The molecule has 0 bridgehead atoms. The number of benzene rings is 2. The lowest BCUT2D eigenvalue weighted by atomic mass is 10.0. The number of Topliss-reactive ketones (excluding diaryl/α,β-unsaturated/α-hetero) is 1. The van der Waals surface area contributed by atoms with E-state index in [1.807, 2.05) is 89.6 Å². The Morgan fingerprint density at radius 1 is 0.844 bits per heavy atom. The summed E-state index contributed by atoms with van der Waals surface area (Å²) >= 11 is 0. The van der Waals surface area contributed by atoms with Gasteiger partial charge in [-0.1, -0.05) is 44.2 Å². The minimum absolute atomic E-state index is 0.101. The van der Waals surface area contributed by atoms with Gasteiger partial charge >= 0.3 is 0 Å². The van der Waals surface area contributed by atoms with E-state index in [-0.39, 0.29) is 36.5 Å². The van der Waals surface area contributed by atoms with Gasteiger partial charge in [-0.05, 0) is 75.3 Å². The average molecular weight is 615 g/mol. The molecule has 0 fully saturated rings. The average Bonchev–Trinajstić information content (AvgIpc) is 3.02. The first-order chi connectivity index (χ1) is 21.4. The van der Waals surface area contributed by atoms with Gasteiger partial charge in [0, 0.05) is 43.1 Å². The van der Waals surface area contributed by atoms with Gasteiger partial charge in [-0.25, -0.2) is 0 Å². The van der Waals surface area contributed by atoms with Crippen molar-refractivity contribution in [2.45, 2.75) is 45.7 Å². The highest BCUT2D eigenvalue weighted by molar-refractivity contribution is 5.99. The molecule has 2 aromatic carbocycles. The van der Waals surface area contributed by atoms with Gasteiger partial charge in [-0.2, -0.15) is 0 Å². The van der Waals surface area contributed by atoms with E-state index in [0.29, 0.717) is 12.0 Å². The first-order valence-corrected chi connectivity index (χ1v) is 15.3. The molecule has 3 N–H and O–H groups in total. The van der Waals surface area contributed by atoms with Crippen LogP contribution in [0.3, 0.4) is 0 Å². The molecule has 0 saturated heterocycles. The summed E-state index contributed by atoms with van der Waals surface area (Å²) in [5, 5.41) is 8.24.